The number of carboxylic acid groups (broad SMARTS) is 1. The zero-order valence-corrected chi connectivity index (χ0v) is 6.09. The average molecular weight is 160 g/mol. The zero-order valence-electron chi connectivity index (χ0n) is 5.34. The lowest BCUT2D eigenvalue weighted by molar-refractivity contribution is 0.0686. The molecule has 0 aliphatic carbocycles. The number of hydrogen-bond donors (Lipinski definition) is 1. The van der Waals surface area contributed by atoms with Crippen LogP contribution in [0.2, 0.25) is 5.15 Å². The molecule has 0 spiro atoms. The second kappa shape index (κ2) is 2.34. The van der Waals surface area contributed by atoms with Gasteiger partial charge in [-0.3, -0.25) is 0 Å². The molecule has 1 heterocycles. The second-order valence-electron chi connectivity index (χ2n) is 1.91. The van der Waals surface area contributed by atoms with Crippen LogP contribution in [0.5, 0.6) is 0 Å². The van der Waals surface area contributed by atoms with Gasteiger partial charge in [-0.05, 0) is 12.1 Å². The molecule has 0 aliphatic heterocycles. The molecule has 0 bridgehead atoms. The van der Waals surface area contributed by atoms with E-state index in [1.54, 1.807) is 13.1 Å². The van der Waals surface area contributed by atoms with E-state index in [0.29, 0.717) is 5.15 Å². The van der Waals surface area contributed by atoms with Crippen molar-refractivity contribution < 1.29 is 9.90 Å². The first kappa shape index (κ1) is 7.15. The van der Waals surface area contributed by atoms with Crippen molar-refractivity contribution in [1.29, 1.82) is 0 Å². The maximum absolute atomic E-state index is 10.4. The lowest BCUT2D eigenvalue weighted by Gasteiger charge is -1.96. The Morgan fingerprint density at radius 2 is 2.30 bits per heavy atom. The fourth-order valence-corrected chi connectivity index (χ4v) is 0.855. The summed E-state index contributed by atoms with van der Waals surface area (Å²) >= 11 is 5.57. The van der Waals surface area contributed by atoms with Crippen molar-refractivity contribution >= 4 is 17.6 Å². The van der Waals surface area contributed by atoms with Gasteiger partial charge in [0.1, 0.15) is 10.8 Å². The van der Waals surface area contributed by atoms with Crippen LogP contribution in [0.25, 0.3) is 0 Å². The van der Waals surface area contributed by atoms with E-state index in [1.807, 2.05) is 0 Å². The molecule has 1 N–H and O–H groups in total. The minimum Gasteiger partial charge on any atom is -0.477 e. The van der Waals surface area contributed by atoms with Crippen molar-refractivity contribution in [3.63, 3.8) is 0 Å². The Balaban J connectivity index is 3.17. The highest BCUT2D eigenvalue weighted by molar-refractivity contribution is 6.29. The first-order chi connectivity index (χ1) is 4.63. The zero-order chi connectivity index (χ0) is 7.72. The van der Waals surface area contributed by atoms with Crippen LogP contribution in [-0.4, -0.2) is 15.6 Å². The molecule has 0 saturated carbocycles. The number of hydrogen-bond acceptors (Lipinski definition) is 1. The van der Waals surface area contributed by atoms with Gasteiger partial charge in [0.2, 0.25) is 0 Å². The van der Waals surface area contributed by atoms with Crippen molar-refractivity contribution in [2.24, 2.45) is 7.05 Å². The van der Waals surface area contributed by atoms with Gasteiger partial charge in [-0.15, -0.1) is 0 Å². The van der Waals surface area contributed by atoms with Crippen molar-refractivity contribution in [3.05, 3.63) is 23.0 Å². The maximum Gasteiger partial charge on any atom is 0.352 e. The minimum absolute atomic E-state index is 0.199. The first-order valence-corrected chi connectivity index (χ1v) is 3.05. The third-order valence-electron chi connectivity index (χ3n) is 1.28. The molecular formula is C6H6ClNO2. The Hall–Kier alpha value is -0.960. The van der Waals surface area contributed by atoms with Gasteiger partial charge in [-0.2, -0.15) is 0 Å². The molecule has 0 radical (unpaired) electrons. The molecule has 0 atom stereocenters. The molecule has 10 heavy (non-hydrogen) atoms. The van der Waals surface area contributed by atoms with Crippen molar-refractivity contribution in [2.75, 3.05) is 0 Å². The molecule has 1 aromatic rings. The third-order valence-corrected chi connectivity index (χ3v) is 1.66. The predicted molar refractivity (Wildman–Crippen MR) is 37.4 cm³/mol. The molecule has 0 fully saturated rings. The lowest BCUT2D eigenvalue weighted by Crippen LogP contribution is -2.03. The summed E-state index contributed by atoms with van der Waals surface area (Å²) in [4.78, 5) is 10.4. The topological polar surface area (TPSA) is 42.2 Å². The molecule has 4 heteroatoms. The van der Waals surface area contributed by atoms with E-state index in [0.717, 1.165) is 0 Å². The van der Waals surface area contributed by atoms with Gasteiger partial charge in [0.15, 0.2) is 0 Å². The number of nitrogens with zero attached hydrogens (tertiary/aromatic N) is 1. The quantitative estimate of drug-likeness (QED) is 0.673. The fraction of sp³-hybridized carbons (Fsp3) is 0.167. The summed E-state index contributed by atoms with van der Waals surface area (Å²) in [6.07, 6.45) is 0. The van der Waals surface area contributed by atoms with Crippen LogP contribution < -0.4 is 0 Å². The Labute approximate surface area is 62.8 Å². The molecule has 1 rings (SSSR count). The van der Waals surface area contributed by atoms with E-state index in [4.69, 9.17) is 16.7 Å². The number of aromatic carboxylic acids is 1. The van der Waals surface area contributed by atoms with Gasteiger partial charge < -0.3 is 9.67 Å². The van der Waals surface area contributed by atoms with Crippen LogP contribution in [0.3, 0.4) is 0 Å². The summed E-state index contributed by atoms with van der Waals surface area (Å²) in [5, 5.41) is 8.93. The van der Waals surface area contributed by atoms with Crippen LogP contribution in [0.15, 0.2) is 12.1 Å². The molecule has 0 aliphatic rings. The van der Waals surface area contributed by atoms with Crippen molar-refractivity contribution in [2.45, 2.75) is 0 Å². The number of aromatic nitrogens is 1. The SMILES string of the molecule is Cn1c(Cl)ccc1C(=O)O. The molecule has 0 saturated heterocycles. The summed E-state index contributed by atoms with van der Waals surface area (Å²) in [6, 6.07) is 3.01. The standard InChI is InChI=1S/C6H6ClNO2/c1-8-4(6(9)10)2-3-5(8)7/h2-3H,1H3,(H,9,10). The predicted octanol–water partition coefficient (Wildman–Crippen LogP) is 1.38. The highest BCUT2D eigenvalue weighted by atomic mass is 35.5. The third kappa shape index (κ3) is 0.998. The van der Waals surface area contributed by atoms with Crippen molar-refractivity contribution in [1.82, 2.24) is 4.57 Å². The summed E-state index contributed by atoms with van der Waals surface area (Å²) in [6.45, 7) is 0. The molecule has 0 unspecified atom stereocenters. The normalized spacial score (nSPS) is 9.80. The minimum atomic E-state index is -0.964. The summed E-state index contributed by atoms with van der Waals surface area (Å²) in [5.41, 5.74) is 0.199. The van der Waals surface area contributed by atoms with E-state index < -0.39 is 5.97 Å². The van der Waals surface area contributed by atoms with E-state index >= 15 is 0 Å². The Morgan fingerprint density at radius 3 is 2.50 bits per heavy atom. The van der Waals surface area contributed by atoms with Crippen LogP contribution in [0.4, 0.5) is 0 Å². The molecule has 3 nitrogen and oxygen atoms in total. The maximum atomic E-state index is 10.4. The van der Waals surface area contributed by atoms with Gasteiger partial charge in [-0.25, -0.2) is 4.79 Å². The first-order valence-electron chi connectivity index (χ1n) is 2.67. The van der Waals surface area contributed by atoms with Gasteiger partial charge in [0.05, 0.1) is 0 Å². The summed E-state index contributed by atoms with van der Waals surface area (Å²) in [5.74, 6) is -0.964. The van der Waals surface area contributed by atoms with Gasteiger partial charge in [0.25, 0.3) is 0 Å². The summed E-state index contributed by atoms with van der Waals surface area (Å²) in [7, 11) is 1.60. The van der Waals surface area contributed by atoms with Crippen LogP contribution >= 0.6 is 11.6 Å². The monoisotopic (exact) mass is 159 g/mol. The highest BCUT2D eigenvalue weighted by Gasteiger charge is 2.08. The van der Waals surface area contributed by atoms with Gasteiger partial charge >= 0.3 is 5.97 Å². The lowest BCUT2D eigenvalue weighted by atomic mass is 10.4. The van der Waals surface area contributed by atoms with E-state index in [-0.39, 0.29) is 5.69 Å². The number of carbonyl (C=O) groups is 1. The summed E-state index contributed by atoms with van der Waals surface area (Å²) < 4.78 is 1.41. The molecule has 1 aromatic heterocycles. The highest BCUT2D eigenvalue weighted by Crippen LogP contribution is 2.11. The van der Waals surface area contributed by atoms with E-state index in [9.17, 15) is 4.79 Å². The van der Waals surface area contributed by atoms with Crippen LogP contribution in [0.1, 0.15) is 10.5 Å². The van der Waals surface area contributed by atoms with Gasteiger partial charge in [-0.1, -0.05) is 11.6 Å². The number of rotatable bonds is 1. The average Bonchev–Trinajstić information content (AvgIpc) is 2.14. The van der Waals surface area contributed by atoms with Crippen molar-refractivity contribution in [3.8, 4) is 0 Å². The van der Waals surface area contributed by atoms with Gasteiger partial charge in [0, 0.05) is 7.05 Å². The smallest absolute Gasteiger partial charge is 0.352 e. The molecule has 0 aromatic carbocycles. The number of carboxylic acids is 1. The molecular weight excluding hydrogens is 154 g/mol. The fourth-order valence-electron chi connectivity index (χ4n) is 0.701. The van der Waals surface area contributed by atoms with E-state index in [2.05, 4.69) is 0 Å². The molecule has 54 valence electrons. The van der Waals surface area contributed by atoms with E-state index in [1.165, 1.54) is 10.6 Å². The largest absolute Gasteiger partial charge is 0.477 e. The number of halogens is 1. The molecule has 0 amide bonds. The van der Waals surface area contributed by atoms with Crippen LogP contribution in [0, 0.1) is 0 Å². The second-order valence-corrected chi connectivity index (χ2v) is 2.29. The Kier molecular flexibility index (Phi) is 1.68. The van der Waals surface area contributed by atoms with Crippen LogP contribution in [-0.2, 0) is 7.05 Å². The Morgan fingerprint density at radius 1 is 1.70 bits per heavy atom. The Bertz CT molecular complexity index is 267.